The van der Waals surface area contributed by atoms with Crippen LogP contribution in [0.2, 0.25) is 0 Å². The Balaban J connectivity index is 1.74. The van der Waals surface area contributed by atoms with E-state index < -0.39 is 0 Å². The number of aryl methyl sites for hydroxylation is 1. The molecule has 0 aliphatic carbocycles. The van der Waals surface area contributed by atoms with Crippen molar-refractivity contribution >= 4 is 23.2 Å². The van der Waals surface area contributed by atoms with E-state index in [-0.39, 0.29) is 24.4 Å². The topological polar surface area (TPSA) is 58.6 Å². The van der Waals surface area contributed by atoms with Crippen LogP contribution in [0.5, 0.6) is 5.75 Å². The summed E-state index contributed by atoms with van der Waals surface area (Å²) in [5.74, 6) is 0.564. The van der Waals surface area contributed by atoms with Crippen LogP contribution >= 0.6 is 11.3 Å². The average Bonchev–Trinajstić information content (AvgIpc) is 3.14. The van der Waals surface area contributed by atoms with E-state index in [0.29, 0.717) is 4.88 Å². The second-order valence-electron chi connectivity index (χ2n) is 5.99. The second kappa shape index (κ2) is 9.22. The van der Waals surface area contributed by atoms with Crippen molar-refractivity contribution in [3.05, 3.63) is 52.2 Å². The van der Waals surface area contributed by atoms with E-state index in [4.69, 9.17) is 4.74 Å². The zero-order valence-electron chi connectivity index (χ0n) is 14.8. The van der Waals surface area contributed by atoms with Crippen molar-refractivity contribution in [1.82, 2.24) is 10.2 Å². The van der Waals surface area contributed by atoms with Gasteiger partial charge in [-0.2, -0.15) is 0 Å². The van der Waals surface area contributed by atoms with Gasteiger partial charge in [-0.05, 0) is 48.9 Å². The molecule has 0 radical (unpaired) electrons. The summed E-state index contributed by atoms with van der Waals surface area (Å²) in [6, 6.07) is 11.6. The number of likely N-dealkylation sites (N-methyl/N-ethyl adjacent to an activating group) is 1. The Morgan fingerprint density at radius 2 is 1.96 bits per heavy atom. The maximum atomic E-state index is 12.1. The van der Waals surface area contributed by atoms with Crippen molar-refractivity contribution in [2.75, 3.05) is 20.7 Å². The number of ether oxygens (including phenoxy) is 1. The molecule has 0 unspecified atom stereocenters. The van der Waals surface area contributed by atoms with Gasteiger partial charge >= 0.3 is 0 Å². The van der Waals surface area contributed by atoms with E-state index in [2.05, 4.69) is 5.32 Å². The van der Waals surface area contributed by atoms with Crippen LogP contribution in [0, 0.1) is 0 Å². The van der Waals surface area contributed by atoms with Gasteiger partial charge in [-0.25, -0.2) is 0 Å². The molecule has 1 heterocycles. The summed E-state index contributed by atoms with van der Waals surface area (Å²) in [4.78, 5) is 26.3. The molecular formula is C19H24N2O3S. The lowest BCUT2D eigenvalue weighted by Gasteiger charge is -2.19. The van der Waals surface area contributed by atoms with Gasteiger partial charge in [0.1, 0.15) is 5.75 Å². The highest BCUT2D eigenvalue weighted by atomic mass is 32.1. The van der Waals surface area contributed by atoms with Crippen LogP contribution in [0.4, 0.5) is 0 Å². The summed E-state index contributed by atoms with van der Waals surface area (Å²) in [6.07, 6.45) is 1.70. The van der Waals surface area contributed by atoms with E-state index in [1.807, 2.05) is 42.6 Å². The predicted octanol–water partition coefficient (Wildman–Crippen LogP) is 2.97. The Morgan fingerprint density at radius 3 is 2.56 bits per heavy atom. The fourth-order valence-corrected chi connectivity index (χ4v) is 3.16. The van der Waals surface area contributed by atoms with E-state index >= 15 is 0 Å². The lowest BCUT2D eigenvalue weighted by molar-refractivity contribution is -0.122. The molecule has 134 valence electrons. The highest BCUT2D eigenvalue weighted by molar-refractivity contribution is 7.12. The zero-order valence-corrected chi connectivity index (χ0v) is 15.6. The van der Waals surface area contributed by atoms with Crippen LogP contribution in [0.15, 0.2) is 41.8 Å². The van der Waals surface area contributed by atoms with Crippen LogP contribution in [0.1, 0.15) is 28.6 Å². The van der Waals surface area contributed by atoms with Gasteiger partial charge in [0.25, 0.3) is 5.91 Å². The minimum atomic E-state index is -0.144. The fraction of sp³-hybridized carbons (Fsp3) is 0.368. The maximum Gasteiger partial charge on any atom is 0.264 e. The van der Waals surface area contributed by atoms with E-state index in [1.165, 1.54) is 21.8 Å². The third-order valence-electron chi connectivity index (χ3n) is 3.89. The van der Waals surface area contributed by atoms with Crippen molar-refractivity contribution in [1.29, 1.82) is 0 Å². The van der Waals surface area contributed by atoms with Crippen molar-refractivity contribution in [3.63, 3.8) is 0 Å². The first-order valence-corrected chi connectivity index (χ1v) is 9.09. The molecule has 1 atom stereocenters. The third-order valence-corrected chi connectivity index (χ3v) is 4.75. The highest BCUT2D eigenvalue weighted by Crippen LogP contribution is 2.13. The molecule has 6 heteroatoms. The predicted molar refractivity (Wildman–Crippen MR) is 100 cm³/mol. The third kappa shape index (κ3) is 5.90. The zero-order chi connectivity index (χ0) is 18.2. The molecular weight excluding hydrogens is 336 g/mol. The Labute approximate surface area is 152 Å². The normalized spacial score (nSPS) is 11.6. The number of rotatable bonds is 8. The first-order chi connectivity index (χ1) is 12.0. The Bertz CT molecular complexity index is 683. The maximum absolute atomic E-state index is 12.1. The molecule has 5 nitrogen and oxygen atoms in total. The molecule has 25 heavy (non-hydrogen) atoms. The van der Waals surface area contributed by atoms with Gasteiger partial charge in [-0.1, -0.05) is 18.2 Å². The number of nitrogens with one attached hydrogen (secondary N) is 1. The first kappa shape index (κ1) is 19.0. The second-order valence-corrected chi connectivity index (χ2v) is 6.94. The van der Waals surface area contributed by atoms with Crippen molar-refractivity contribution in [2.45, 2.75) is 25.8 Å². The van der Waals surface area contributed by atoms with E-state index in [0.717, 1.165) is 18.6 Å². The van der Waals surface area contributed by atoms with Crippen LogP contribution in [-0.2, 0) is 11.2 Å². The largest absolute Gasteiger partial charge is 0.497 e. The van der Waals surface area contributed by atoms with Crippen molar-refractivity contribution < 1.29 is 14.3 Å². The molecule has 0 fully saturated rings. The lowest BCUT2D eigenvalue weighted by Crippen LogP contribution is -2.41. The van der Waals surface area contributed by atoms with E-state index in [1.54, 1.807) is 20.2 Å². The minimum Gasteiger partial charge on any atom is -0.497 e. The number of thiophene rings is 1. The molecule has 1 aromatic carbocycles. The minimum absolute atomic E-state index is 0.0415. The van der Waals surface area contributed by atoms with Crippen molar-refractivity contribution in [2.24, 2.45) is 0 Å². The number of carbonyl (C=O) groups excluding carboxylic acids is 2. The number of nitrogens with zero attached hydrogens (tertiary/aromatic N) is 1. The quantitative estimate of drug-likeness (QED) is 0.787. The lowest BCUT2D eigenvalue weighted by atomic mass is 10.1. The summed E-state index contributed by atoms with van der Waals surface area (Å²) in [5.41, 5.74) is 1.20. The number of benzene rings is 1. The van der Waals surface area contributed by atoms with Crippen LogP contribution < -0.4 is 10.1 Å². The molecule has 1 aromatic heterocycles. The molecule has 2 amide bonds. The Morgan fingerprint density at radius 1 is 1.24 bits per heavy atom. The summed E-state index contributed by atoms with van der Waals surface area (Å²) < 4.78 is 5.14. The number of hydrogen-bond acceptors (Lipinski definition) is 4. The number of amides is 2. The van der Waals surface area contributed by atoms with Gasteiger partial charge in [0.15, 0.2) is 0 Å². The Kier molecular flexibility index (Phi) is 7.01. The van der Waals surface area contributed by atoms with E-state index in [9.17, 15) is 9.59 Å². The fourth-order valence-electron chi connectivity index (χ4n) is 2.44. The van der Waals surface area contributed by atoms with Crippen molar-refractivity contribution in [3.8, 4) is 5.75 Å². The summed E-state index contributed by atoms with van der Waals surface area (Å²) >= 11 is 1.38. The number of hydrogen-bond donors (Lipinski definition) is 1. The molecule has 2 rings (SSSR count). The van der Waals surface area contributed by atoms with Gasteiger partial charge in [-0.15, -0.1) is 11.3 Å². The monoisotopic (exact) mass is 360 g/mol. The van der Waals surface area contributed by atoms with Gasteiger partial charge in [0.05, 0.1) is 18.5 Å². The first-order valence-electron chi connectivity index (χ1n) is 8.21. The van der Waals surface area contributed by atoms with Crippen LogP contribution in [0.25, 0.3) is 0 Å². The molecule has 1 N–H and O–H groups in total. The molecule has 0 aliphatic heterocycles. The Hall–Kier alpha value is -2.34. The average molecular weight is 360 g/mol. The smallest absolute Gasteiger partial charge is 0.264 e. The number of carbonyl (C=O) groups is 2. The highest BCUT2D eigenvalue weighted by Gasteiger charge is 2.16. The SMILES string of the molecule is COc1ccc(CC[C@H](C)NC(=O)CN(C)C(=O)c2cccs2)cc1. The van der Waals surface area contributed by atoms with Gasteiger partial charge in [0, 0.05) is 13.1 Å². The van der Waals surface area contributed by atoms with Gasteiger partial charge < -0.3 is 15.0 Å². The summed E-state index contributed by atoms with van der Waals surface area (Å²) in [5, 5.41) is 4.80. The van der Waals surface area contributed by atoms with Crippen LogP contribution in [0.3, 0.4) is 0 Å². The molecule has 0 bridgehead atoms. The van der Waals surface area contributed by atoms with Gasteiger partial charge in [0.2, 0.25) is 5.91 Å². The molecule has 2 aromatic rings. The molecule has 0 aliphatic rings. The molecule has 0 saturated carbocycles. The molecule has 0 saturated heterocycles. The number of methoxy groups -OCH3 is 1. The van der Waals surface area contributed by atoms with Gasteiger partial charge in [-0.3, -0.25) is 9.59 Å². The standard InChI is InChI=1S/C19H24N2O3S/c1-14(6-7-15-8-10-16(24-3)11-9-15)20-18(22)13-21(2)19(23)17-5-4-12-25-17/h4-5,8-12,14H,6-7,13H2,1-3H3,(H,20,22)/t14-/m0/s1. The van der Waals surface area contributed by atoms with Crippen LogP contribution in [-0.4, -0.2) is 43.5 Å². The summed E-state index contributed by atoms with van der Waals surface area (Å²) in [6.45, 7) is 2.03. The summed E-state index contributed by atoms with van der Waals surface area (Å²) in [7, 11) is 3.29. The molecule has 0 spiro atoms.